The summed E-state index contributed by atoms with van der Waals surface area (Å²) in [6.45, 7) is 2.18. The van der Waals surface area contributed by atoms with Gasteiger partial charge in [-0.1, -0.05) is 6.07 Å². The van der Waals surface area contributed by atoms with Crippen molar-refractivity contribution in [3.05, 3.63) is 59.7 Å². The number of cyclic esters (lactones) is 1. The average molecular weight is 370 g/mol. The number of hydrogen-bond acceptors (Lipinski definition) is 6. The summed E-state index contributed by atoms with van der Waals surface area (Å²) in [4.78, 5) is 18.2. The molecule has 0 aliphatic carbocycles. The number of pyridine rings is 1. The number of halogens is 1. The molecule has 1 saturated heterocycles. The number of benzene rings is 1. The minimum atomic E-state index is -0.949. The molecule has 2 unspecified atom stereocenters. The Balaban J connectivity index is 1.45. The molecule has 1 aromatic carbocycles. The van der Waals surface area contributed by atoms with Crippen LogP contribution < -0.4 is 5.43 Å². The van der Waals surface area contributed by atoms with Crippen LogP contribution in [-0.2, 0) is 10.3 Å². The van der Waals surface area contributed by atoms with Crippen LogP contribution in [0, 0.1) is 5.82 Å². The molecule has 1 aromatic heterocycles. The molecule has 3 heterocycles. The van der Waals surface area contributed by atoms with Gasteiger partial charge < -0.3 is 9.84 Å². The maximum Gasteiger partial charge on any atom is 0.412 e. The van der Waals surface area contributed by atoms with Crippen molar-refractivity contribution >= 4 is 11.8 Å². The van der Waals surface area contributed by atoms with Crippen LogP contribution in [0.5, 0.6) is 5.75 Å². The zero-order chi connectivity index (χ0) is 19.0. The zero-order valence-corrected chi connectivity index (χ0v) is 14.7. The van der Waals surface area contributed by atoms with Crippen LogP contribution >= 0.6 is 0 Å². The van der Waals surface area contributed by atoms with Crippen molar-refractivity contribution in [3.8, 4) is 5.75 Å². The molecular weight excluding hydrogens is 351 g/mol. The summed E-state index contributed by atoms with van der Waals surface area (Å²) in [7, 11) is 0. The lowest BCUT2D eigenvalue weighted by Gasteiger charge is -2.41. The van der Waals surface area contributed by atoms with Gasteiger partial charge in [-0.3, -0.25) is 15.3 Å². The summed E-state index contributed by atoms with van der Waals surface area (Å²) < 4.78 is 19.4. The van der Waals surface area contributed by atoms with Gasteiger partial charge in [-0.2, -0.15) is 5.10 Å². The summed E-state index contributed by atoms with van der Waals surface area (Å²) in [6.07, 6.45) is 3.67. The van der Waals surface area contributed by atoms with Crippen molar-refractivity contribution in [1.82, 2.24) is 15.3 Å². The number of hydrogen-bond donors (Lipinski definition) is 2. The van der Waals surface area contributed by atoms with Crippen LogP contribution in [0.1, 0.15) is 30.9 Å². The molecule has 2 aromatic rings. The fourth-order valence-electron chi connectivity index (χ4n) is 3.38. The van der Waals surface area contributed by atoms with Crippen molar-refractivity contribution in [2.75, 3.05) is 6.54 Å². The number of aromatic nitrogens is 1. The third-order valence-electron chi connectivity index (χ3n) is 5.06. The molecule has 0 bridgehead atoms. The normalized spacial score (nSPS) is 25.0. The average Bonchev–Trinajstić information content (AvgIpc) is 3.14. The molecule has 2 N–H and O–H groups in total. The van der Waals surface area contributed by atoms with E-state index in [1.54, 1.807) is 30.3 Å². The largest absolute Gasteiger partial charge is 0.505 e. The third kappa shape index (κ3) is 3.18. The summed E-state index contributed by atoms with van der Waals surface area (Å²) in [6, 6.07) is 7.78. The molecule has 2 atom stereocenters. The Morgan fingerprint density at radius 2 is 2.11 bits per heavy atom. The summed E-state index contributed by atoms with van der Waals surface area (Å²) in [5, 5.41) is 13.7. The number of hydrazone groups is 1. The third-order valence-corrected chi connectivity index (χ3v) is 5.06. The van der Waals surface area contributed by atoms with Gasteiger partial charge in [-0.25, -0.2) is 9.18 Å². The number of carbonyl (C=O) groups excluding carboxylic acids is 1. The van der Waals surface area contributed by atoms with Crippen LogP contribution in [0.15, 0.2) is 47.8 Å². The highest BCUT2D eigenvalue weighted by molar-refractivity contribution is 6.01. The molecule has 140 valence electrons. The van der Waals surface area contributed by atoms with Gasteiger partial charge in [-0.05, 0) is 36.8 Å². The lowest BCUT2D eigenvalue weighted by atomic mass is 9.90. The van der Waals surface area contributed by atoms with Gasteiger partial charge in [0.25, 0.3) is 0 Å². The first-order chi connectivity index (χ1) is 13.0. The van der Waals surface area contributed by atoms with Crippen molar-refractivity contribution in [1.29, 1.82) is 0 Å². The lowest BCUT2D eigenvalue weighted by Crippen LogP contribution is -2.53. The number of nitrogens with one attached hydrogen (secondary N) is 1. The van der Waals surface area contributed by atoms with E-state index in [0.29, 0.717) is 24.9 Å². The zero-order valence-electron chi connectivity index (χ0n) is 14.7. The fraction of sp³-hybridized carbons (Fsp3) is 0.316. The topological polar surface area (TPSA) is 87.0 Å². The highest BCUT2D eigenvalue weighted by Gasteiger charge is 2.42. The second-order valence-electron chi connectivity index (χ2n) is 6.85. The van der Waals surface area contributed by atoms with Gasteiger partial charge in [-0.15, -0.1) is 0 Å². The molecule has 1 fully saturated rings. The predicted octanol–water partition coefficient (Wildman–Crippen LogP) is 2.71. The van der Waals surface area contributed by atoms with Crippen LogP contribution in [-0.4, -0.2) is 39.5 Å². The van der Waals surface area contributed by atoms with E-state index >= 15 is 0 Å². The quantitative estimate of drug-likeness (QED) is 0.868. The number of ether oxygens (including phenoxy) is 1. The van der Waals surface area contributed by atoms with E-state index in [9.17, 15) is 14.3 Å². The second-order valence-corrected chi connectivity index (χ2v) is 6.85. The van der Waals surface area contributed by atoms with E-state index < -0.39 is 23.3 Å². The Morgan fingerprint density at radius 3 is 2.81 bits per heavy atom. The molecule has 0 spiro atoms. The Bertz CT molecular complexity index is 905. The molecule has 4 rings (SSSR count). The monoisotopic (exact) mass is 370 g/mol. The summed E-state index contributed by atoms with van der Waals surface area (Å²) >= 11 is 0. The molecule has 0 saturated carbocycles. The second kappa shape index (κ2) is 6.53. The van der Waals surface area contributed by atoms with Gasteiger partial charge in [0, 0.05) is 37.3 Å². The van der Waals surface area contributed by atoms with Crippen molar-refractivity contribution in [2.24, 2.45) is 5.10 Å². The highest BCUT2D eigenvalue weighted by atomic mass is 19.1. The van der Waals surface area contributed by atoms with Crippen LogP contribution in [0.25, 0.3) is 0 Å². The lowest BCUT2D eigenvalue weighted by molar-refractivity contribution is -0.0519. The standard InChI is InChI=1S/C19H19FN4O3/c1-19(13-2-3-16(25)14(20)10-13)6-9-24(18(26)27-19)17-11-15(22-23-17)12-4-7-21-8-5-12/h2-5,7-8,10,17,23,25H,6,9,11H2,1H3. The number of nitrogens with zero attached hydrogens (tertiary/aromatic N) is 3. The predicted molar refractivity (Wildman–Crippen MR) is 95.5 cm³/mol. The van der Waals surface area contributed by atoms with E-state index in [-0.39, 0.29) is 6.17 Å². The highest BCUT2D eigenvalue weighted by Crippen LogP contribution is 2.36. The van der Waals surface area contributed by atoms with Crippen LogP contribution in [0.3, 0.4) is 0 Å². The Kier molecular flexibility index (Phi) is 4.18. The molecule has 0 radical (unpaired) electrons. The number of carbonyl (C=O) groups is 1. The molecular formula is C19H19FN4O3. The van der Waals surface area contributed by atoms with Crippen molar-refractivity contribution in [2.45, 2.75) is 31.5 Å². The summed E-state index contributed by atoms with van der Waals surface area (Å²) in [5.74, 6) is -1.16. The van der Waals surface area contributed by atoms with Crippen molar-refractivity contribution < 1.29 is 19.0 Å². The minimum absolute atomic E-state index is 0.290. The van der Waals surface area contributed by atoms with E-state index in [0.717, 1.165) is 11.3 Å². The Labute approximate surface area is 155 Å². The maximum atomic E-state index is 13.7. The molecule has 8 heteroatoms. The maximum absolute atomic E-state index is 13.7. The van der Waals surface area contributed by atoms with E-state index in [4.69, 9.17) is 4.74 Å². The first-order valence-electron chi connectivity index (χ1n) is 8.67. The molecule has 27 heavy (non-hydrogen) atoms. The number of rotatable bonds is 3. The van der Waals surface area contributed by atoms with E-state index in [2.05, 4.69) is 15.5 Å². The number of phenolic OH excluding ortho intramolecular Hbond substituents is 1. The van der Waals surface area contributed by atoms with Crippen LogP contribution in [0.4, 0.5) is 9.18 Å². The Morgan fingerprint density at radius 1 is 1.33 bits per heavy atom. The van der Waals surface area contributed by atoms with Gasteiger partial charge in [0.15, 0.2) is 11.6 Å². The molecule has 2 aliphatic rings. The van der Waals surface area contributed by atoms with E-state index in [1.807, 2.05) is 12.1 Å². The van der Waals surface area contributed by atoms with Gasteiger partial charge in [0.2, 0.25) is 0 Å². The first-order valence-corrected chi connectivity index (χ1v) is 8.67. The molecule has 7 nitrogen and oxygen atoms in total. The Hall–Kier alpha value is -3.16. The molecule has 1 amide bonds. The number of phenols is 1. The van der Waals surface area contributed by atoms with Gasteiger partial charge in [0.05, 0.1) is 5.71 Å². The van der Waals surface area contributed by atoms with Gasteiger partial charge >= 0.3 is 6.09 Å². The minimum Gasteiger partial charge on any atom is -0.505 e. The van der Waals surface area contributed by atoms with E-state index in [1.165, 1.54) is 12.1 Å². The fourth-order valence-corrected chi connectivity index (χ4v) is 3.38. The smallest absolute Gasteiger partial charge is 0.412 e. The summed E-state index contributed by atoms with van der Waals surface area (Å²) in [5.41, 5.74) is 4.36. The van der Waals surface area contributed by atoms with Crippen LogP contribution in [0.2, 0.25) is 0 Å². The first kappa shape index (κ1) is 17.3. The van der Waals surface area contributed by atoms with Crippen molar-refractivity contribution in [3.63, 3.8) is 0 Å². The van der Waals surface area contributed by atoms with Gasteiger partial charge in [0.1, 0.15) is 11.8 Å². The number of amides is 1. The SMILES string of the molecule is CC1(c2ccc(O)c(F)c2)CCN(C2CC(c3ccncc3)=NN2)C(=O)O1. The number of aromatic hydroxyl groups is 1. The molecule has 2 aliphatic heterocycles.